The van der Waals surface area contributed by atoms with Crippen LogP contribution in [0.5, 0.6) is 0 Å². The second-order valence-corrected chi connectivity index (χ2v) is 8.27. The zero-order chi connectivity index (χ0) is 20.1. The SMILES string of the molecule is CC(C)(C)c1ccc(C(=O)O)cc1.CC(C)(C)c1ccc(C(=O)O)cc1.[Al]. The van der Waals surface area contributed by atoms with Crippen molar-refractivity contribution in [2.45, 2.75) is 52.4 Å². The van der Waals surface area contributed by atoms with Crippen LogP contribution in [-0.2, 0) is 10.8 Å². The molecule has 2 N–H and O–H groups in total. The van der Waals surface area contributed by atoms with Gasteiger partial charge >= 0.3 is 11.9 Å². The van der Waals surface area contributed by atoms with E-state index in [1.54, 1.807) is 24.3 Å². The largest absolute Gasteiger partial charge is 0.478 e. The van der Waals surface area contributed by atoms with E-state index in [1.807, 2.05) is 24.3 Å². The van der Waals surface area contributed by atoms with Crippen molar-refractivity contribution in [2.24, 2.45) is 0 Å². The predicted molar refractivity (Wildman–Crippen MR) is 110 cm³/mol. The van der Waals surface area contributed by atoms with Crippen molar-refractivity contribution in [2.75, 3.05) is 0 Å². The quantitative estimate of drug-likeness (QED) is 0.717. The molecule has 0 atom stereocenters. The fourth-order valence-corrected chi connectivity index (χ4v) is 2.23. The van der Waals surface area contributed by atoms with Crippen LogP contribution in [0.25, 0.3) is 0 Å². The van der Waals surface area contributed by atoms with Gasteiger partial charge in [-0.1, -0.05) is 65.8 Å². The molecule has 5 heteroatoms. The highest BCUT2D eigenvalue weighted by Gasteiger charge is 2.14. The fourth-order valence-electron chi connectivity index (χ4n) is 2.23. The highest BCUT2D eigenvalue weighted by atomic mass is 27.0. The Bertz CT molecular complexity index is 681. The lowest BCUT2D eigenvalue weighted by Gasteiger charge is -2.18. The van der Waals surface area contributed by atoms with Crippen LogP contribution in [0.15, 0.2) is 48.5 Å². The number of hydrogen-bond acceptors (Lipinski definition) is 2. The highest BCUT2D eigenvalue weighted by molar-refractivity contribution is 5.88. The first-order chi connectivity index (χ1) is 11.8. The summed E-state index contributed by atoms with van der Waals surface area (Å²) < 4.78 is 0. The zero-order valence-corrected chi connectivity index (χ0v) is 18.1. The lowest BCUT2D eigenvalue weighted by atomic mass is 9.87. The zero-order valence-electron chi connectivity index (χ0n) is 16.9. The molecule has 0 heterocycles. The molecular formula is C22H28AlO4. The Morgan fingerprint density at radius 1 is 0.593 bits per heavy atom. The summed E-state index contributed by atoms with van der Waals surface area (Å²) in [4.78, 5) is 21.1. The Kier molecular flexibility index (Phi) is 8.98. The molecule has 0 aliphatic heterocycles. The van der Waals surface area contributed by atoms with Crippen LogP contribution in [0.1, 0.15) is 73.4 Å². The molecule has 3 radical (unpaired) electrons. The van der Waals surface area contributed by atoms with E-state index in [4.69, 9.17) is 10.2 Å². The van der Waals surface area contributed by atoms with E-state index >= 15 is 0 Å². The van der Waals surface area contributed by atoms with E-state index in [9.17, 15) is 9.59 Å². The first kappa shape index (κ1) is 24.9. The van der Waals surface area contributed by atoms with Crippen LogP contribution in [0, 0.1) is 0 Å². The summed E-state index contributed by atoms with van der Waals surface area (Å²) in [5.74, 6) is -1.75. The number of hydrogen-bond donors (Lipinski definition) is 2. The Hall–Kier alpha value is -2.09. The van der Waals surface area contributed by atoms with Crippen molar-refractivity contribution in [1.29, 1.82) is 0 Å². The summed E-state index contributed by atoms with van der Waals surface area (Å²) in [5, 5.41) is 17.4. The van der Waals surface area contributed by atoms with E-state index in [0.717, 1.165) is 11.1 Å². The molecule has 0 saturated heterocycles. The molecular weight excluding hydrogens is 355 g/mol. The summed E-state index contributed by atoms with van der Waals surface area (Å²) >= 11 is 0. The molecule has 0 aromatic heterocycles. The van der Waals surface area contributed by atoms with Gasteiger partial charge in [0.2, 0.25) is 0 Å². The summed E-state index contributed by atoms with van der Waals surface area (Å²) in [6, 6.07) is 14.0. The van der Waals surface area contributed by atoms with Crippen LogP contribution >= 0.6 is 0 Å². The summed E-state index contributed by atoms with van der Waals surface area (Å²) in [6.07, 6.45) is 0. The summed E-state index contributed by atoms with van der Waals surface area (Å²) in [6.45, 7) is 12.6. The van der Waals surface area contributed by atoms with Crippen molar-refractivity contribution in [3.05, 3.63) is 70.8 Å². The van der Waals surface area contributed by atoms with Gasteiger partial charge in [-0.05, 0) is 46.2 Å². The summed E-state index contributed by atoms with van der Waals surface area (Å²) in [5.41, 5.74) is 3.14. The molecule has 0 spiro atoms. The normalized spacial score (nSPS) is 10.9. The van der Waals surface area contributed by atoms with Crippen molar-refractivity contribution < 1.29 is 19.8 Å². The Labute approximate surface area is 172 Å². The average Bonchev–Trinajstić information content (AvgIpc) is 2.54. The monoisotopic (exact) mass is 383 g/mol. The van der Waals surface area contributed by atoms with Crippen molar-refractivity contribution >= 4 is 29.3 Å². The number of benzene rings is 2. The first-order valence-corrected chi connectivity index (χ1v) is 8.50. The van der Waals surface area contributed by atoms with Gasteiger partial charge in [-0.25, -0.2) is 9.59 Å². The van der Waals surface area contributed by atoms with Gasteiger partial charge in [-0.2, -0.15) is 0 Å². The molecule has 0 amide bonds. The van der Waals surface area contributed by atoms with Gasteiger partial charge in [-0.3, -0.25) is 0 Å². The smallest absolute Gasteiger partial charge is 0.335 e. The lowest BCUT2D eigenvalue weighted by molar-refractivity contribution is 0.0686. The van der Waals surface area contributed by atoms with Gasteiger partial charge < -0.3 is 10.2 Å². The second kappa shape index (κ2) is 9.73. The van der Waals surface area contributed by atoms with Gasteiger partial charge in [0.25, 0.3) is 0 Å². The standard InChI is InChI=1S/2C11H14O2.Al/c2*1-11(2,3)9-6-4-8(5-7-9)10(12)13;/h2*4-7H,1-3H3,(H,12,13);. The van der Waals surface area contributed by atoms with Crippen LogP contribution < -0.4 is 0 Å². The fraction of sp³-hybridized carbons (Fsp3) is 0.364. The number of carbonyl (C=O) groups is 2. The predicted octanol–water partition coefficient (Wildman–Crippen LogP) is 4.98. The summed E-state index contributed by atoms with van der Waals surface area (Å²) in [7, 11) is 0. The maximum Gasteiger partial charge on any atom is 0.335 e. The van der Waals surface area contributed by atoms with E-state index in [0.29, 0.717) is 11.1 Å². The third-order valence-electron chi connectivity index (χ3n) is 4.00. The molecule has 0 bridgehead atoms. The number of carboxylic acid groups (broad SMARTS) is 2. The van der Waals surface area contributed by atoms with Crippen molar-refractivity contribution in [3.8, 4) is 0 Å². The molecule has 0 aliphatic rings. The molecule has 27 heavy (non-hydrogen) atoms. The Balaban J connectivity index is 0.000000483. The number of carboxylic acids is 2. The molecule has 2 rings (SSSR count). The molecule has 2 aromatic carbocycles. The minimum atomic E-state index is -0.875. The minimum absolute atomic E-state index is 0. The Morgan fingerprint density at radius 2 is 0.815 bits per heavy atom. The van der Waals surface area contributed by atoms with Crippen LogP contribution in [-0.4, -0.2) is 39.5 Å². The van der Waals surface area contributed by atoms with Crippen LogP contribution in [0.4, 0.5) is 0 Å². The molecule has 4 nitrogen and oxygen atoms in total. The minimum Gasteiger partial charge on any atom is -0.478 e. The van der Waals surface area contributed by atoms with E-state index in [2.05, 4.69) is 41.5 Å². The van der Waals surface area contributed by atoms with E-state index in [-0.39, 0.29) is 28.2 Å². The average molecular weight is 383 g/mol. The van der Waals surface area contributed by atoms with Crippen LogP contribution in [0.3, 0.4) is 0 Å². The van der Waals surface area contributed by atoms with Gasteiger partial charge in [0.1, 0.15) is 0 Å². The number of rotatable bonds is 2. The first-order valence-electron chi connectivity index (χ1n) is 8.50. The molecule has 143 valence electrons. The topological polar surface area (TPSA) is 74.6 Å². The highest BCUT2D eigenvalue weighted by Crippen LogP contribution is 2.22. The van der Waals surface area contributed by atoms with Crippen molar-refractivity contribution in [3.63, 3.8) is 0 Å². The molecule has 0 unspecified atom stereocenters. The molecule has 0 fully saturated rings. The maximum atomic E-state index is 10.6. The van der Waals surface area contributed by atoms with Gasteiger partial charge in [0.05, 0.1) is 11.1 Å². The molecule has 2 aromatic rings. The van der Waals surface area contributed by atoms with Crippen molar-refractivity contribution in [1.82, 2.24) is 0 Å². The number of aromatic carboxylic acids is 2. The molecule has 0 saturated carbocycles. The van der Waals surface area contributed by atoms with E-state index < -0.39 is 11.9 Å². The second-order valence-electron chi connectivity index (χ2n) is 8.27. The van der Waals surface area contributed by atoms with Gasteiger partial charge in [0, 0.05) is 17.4 Å². The lowest BCUT2D eigenvalue weighted by Crippen LogP contribution is -2.11. The van der Waals surface area contributed by atoms with Gasteiger partial charge in [-0.15, -0.1) is 0 Å². The third-order valence-corrected chi connectivity index (χ3v) is 4.00. The molecule has 0 aliphatic carbocycles. The van der Waals surface area contributed by atoms with Crippen LogP contribution in [0.2, 0.25) is 0 Å². The van der Waals surface area contributed by atoms with Gasteiger partial charge in [0.15, 0.2) is 0 Å². The van der Waals surface area contributed by atoms with E-state index in [1.165, 1.54) is 0 Å². The maximum absolute atomic E-state index is 10.6. The Morgan fingerprint density at radius 3 is 0.963 bits per heavy atom. The third kappa shape index (κ3) is 7.99.